The van der Waals surface area contributed by atoms with Crippen molar-refractivity contribution in [2.75, 3.05) is 6.54 Å². The lowest BCUT2D eigenvalue weighted by molar-refractivity contribution is 0.297. The van der Waals surface area contributed by atoms with Crippen LogP contribution in [0.3, 0.4) is 0 Å². The first-order valence-corrected chi connectivity index (χ1v) is 8.28. The monoisotopic (exact) mass is 298 g/mol. The second kappa shape index (κ2) is 5.98. The normalized spacial score (nSPS) is 16.0. The molecule has 0 aromatic heterocycles. The quantitative estimate of drug-likeness (QED) is 0.785. The van der Waals surface area contributed by atoms with Crippen LogP contribution in [0, 0.1) is 5.92 Å². The molecular formula is C13H18N2O2S2. The Morgan fingerprint density at radius 3 is 2.63 bits per heavy atom. The number of nitrogens with two attached hydrogens (primary N) is 1. The zero-order valence-corrected chi connectivity index (χ0v) is 12.3. The van der Waals surface area contributed by atoms with Crippen molar-refractivity contribution < 1.29 is 8.42 Å². The summed E-state index contributed by atoms with van der Waals surface area (Å²) in [6, 6.07) is 6.55. The van der Waals surface area contributed by atoms with Crippen LogP contribution in [0.25, 0.3) is 0 Å². The minimum Gasteiger partial charge on any atom is -0.389 e. The van der Waals surface area contributed by atoms with Gasteiger partial charge in [0, 0.05) is 12.1 Å². The van der Waals surface area contributed by atoms with Crippen LogP contribution in [-0.4, -0.2) is 20.0 Å². The van der Waals surface area contributed by atoms with Crippen LogP contribution in [0.15, 0.2) is 29.2 Å². The first-order chi connectivity index (χ1) is 9.00. The Morgan fingerprint density at radius 2 is 2.05 bits per heavy atom. The van der Waals surface area contributed by atoms with Crippen molar-refractivity contribution in [2.24, 2.45) is 11.7 Å². The first-order valence-electron chi connectivity index (χ1n) is 6.39. The van der Waals surface area contributed by atoms with Gasteiger partial charge in [-0.05, 0) is 18.4 Å². The fourth-order valence-electron chi connectivity index (χ4n) is 2.16. The molecule has 0 atom stereocenters. The molecule has 2 rings (SSSR count). The van der Waals surface area contributed by atoms with E-state index in [2.05, 4.69) is 4.72 Å². The lowest BCUT2D eigenvalue weighted by atomic mass is 9.83. The molecule has 0 unspecified atom stereocenters. The van der Waals surface area contributed by atoms with Crippen LogP contribution in [0.1, 0.15) is 31.2 Å². The van der Waals surface area contributed by atoms with Gasteiger partial charge in [0.05, 0.1) is 4.90 Å². The molecule has 3 N–H and O–H groups in total. The molecule has 1 aliphatic carbocycles. The van der Waals surface area contributed by atoms with Gasteiger partial charge >= 0.3 is 0 Å². The zero-order valence-electron chi connectivity index (χ0n) is 10.6. The molecule has 0 amide bonds. The highest BCUT2D eigenvalue weighted by Crippen LogP contribution is 2.28. The van der Waals surface area contributed by atoms with Gasteiger partial charge in [-0.2, -0.15) is 0 Å². The lowest BCUT2D eigenvalue weighted by Crippen LogP contribution is -2.29. The fraction of sp³-hybridized carbons (Fsp3) is 0.462. The van der Waals surface area contributed by atoms with Crippen LogP contribution in [0.4, 0.5) is 0 Å². The molecule has 1 fully saturated rings. The minimum atomic E-state index is -3.53. The van der Waals surface area contributed by atoms with Crippen LogP contribution >= 0.6 is 12.2 Å². The van der Waals surface area contributed by atoms with Crippen molar-refractivity contribution in [3.05, 3.63) is 29.8 Å². The number of nitrogens with one attached hydrogen (secondary N) is 1. The summed E-state index contributed by atoms with van der Waals surface area (Å²) in [6.45, 7) is 0.471. The largest absolute Gasteiger partial charge is 0.389 e. The third-order valence-electron chi connectivity index (χ3n) is 3.51. The molecule has 1 saturated carbocycles. The molecule has 0 saturated heterocycles. The number of sulfonamides is 1. The molecule has 0 bridgehead atoms. The standard InChI is InChI=1S/C13H18N2O2S2/c14-13(18)11-6-1-2-7-12(11)19(16,17)15-9-8-10-4-3-5-10/h1-2,6-7,10,15H,3-5,8-9H2,(H2,14,18). The third-order valence-corrected chi connectivity index (χ3v) is 5.25. The van der Waals surface area contributed by atoms with Gasteiger partial charge in [0.15, 0.2) is 0 Å². The molecule has 104 valence electrons. The molecular weight excluding hydrogens is 280 g/mol. The Hall–Kier alpha value is -0.980. The van der Waals surface area contributed by atoms with E-state index in [1.54, 1.807) is 18.2 Å². The van der Waals surface area contributed by atoms with E-state index in [9.17, 15) is 8.42 Å². The highest BCUT2D eigenvalue weighted by molar-refractivity contribution is 7.89. The van der Waals surface area contributed by atoms with Crippen LogP contribution < -0.4 is 10.5 Å². The van der Waals surface area contributed by atoms with E-state index in [1.165, 1.54) is 25.3 Å². The summed E-state index contributed by atoms with van der Waals surface area (Å²) in [5.41, 5.74) is 5.95. The molecule has 0 radical (unpaired) electrons. The van der Waals surface area contributed by atoms with Gasteiger partial charge in [-0.15, -0.1) is 0 Å². The Bertz CT molecular complexity index is 566. The molecule has 1 aromatic carbocycles. The summed E-state index contributed by atoms with van der Waals surface area (Å²) in [7, 11) is -3.53. The van der Waals surface area contributed by atoms with E-state index in [4.69, 9.17) is 18.0 Å². The summed E-state index contributed by atoms with van der Waals surface area (Å²) in [5, 5.41) is 0. The van der Waals surface area contributed by atoms with Gasteiger partial charge in [-0.3, -0.25) is 0 Å². The maximum atomic E-state index is 12.2. The third kappa shape index (κ3) is 3.52. The van der Waals surface area contributed by atoms with Crippen molar-refractivity contribution >= 4 is 27.2 Å². The van der Waals surface area contributed by atoms with E-state index >= 15 is 0 Å². The predicted octanol–water partition coefficient (Wildman–Crippen LogP) is 1.79. The van der Waals surface area contributed by atoms with Gasteiger partial charge in [0.25, 0.3) is 0 Å². The van der Waals surface area contributed by atoms with E-state index in [0.29, 0.717) is 18.0 Å². The number of rotatable bonds is 6. The van der Waals surface area contributed by atoms with Gasteiger partial charge < -0.3 is 5.73 Å². The Morgan fingerprint density at radius 1 is 1.37 bits per heavy atom. The Balaban J connectivity index is 2.07. The van der Waals surface area contributed by atoms with Gasteiger partial charge in [0.1, 0.15) is 4.99 Å². The topological polar surface area (TPSA) is 72.2 Å². The number of hydrogen-bond acceptors (Lipinski definition) is 3. The maximum Gasteiger partial charge on any atom is 0.241 e. The van der Waals surface area contributed by atoms with Crippen molar-refractivity contribution in [1.82, 2.24) is 4.72 Å². The number of thiocarbonyl (C=S) groups is 1. The molecule has 1 aromatic rings. The van der Waals surface area contributed by atoms with E-state index < -0.39 is 10.0 Å². The van der Waals surface area contributed by atoms with Crippen LogP contribution in [0.2, 0.25) is 0 Å². The van der Waals surface area contributed by atoms with E-state index in [0.717, 1.165) is 6.42 Å². The summed E-state index contributed by atoms with van der Waals surface area (Å²) >= 11 is 4.89. The summed E-state index contributed by atoms with van der Waals surface area (Å²) < 4.78 is 27.1. The Kier molecular flexibility index (Phi) is 4.54. The smallest absolute Gasteiger partial charge is 0.241 e. The molecule has 0 heterocycles. The highest BCUT2D eigenvalue weighted by Gasteiger charge is 2.21. The van der Waals surface area contributed by atoms with Gasteiger partial charge in [-0.1, -0.05) is 49.7 Å². The average Bonchev–Trinajstić information content (AvgIpc) is 2.32. The minimum absolute atomic E-state index is 0.0972. The number of benzene rings is 1. The lowest BCUT2D eigenvalue weighted by Gasteiger charge is -2.25. The van der Waals surface area contributed by atoms with Crippen LogP contribution in [0.5, 0.6) is 0 Å². The van der Waals surface area contributed by atoms with E-state index in [-0.39, 0.29) is 9.88 Å². The SMILES string of the molecule is NC(=S)c1ccccc1S(=O)(=O)NCCC1CCC1. The second-order valence-corrected chi connectivity index (χ2v) is 7.02. The molecule has 1 aliphatic rings. The summed E-state index contributed by atoms with van der Waals surface area (Å²) in [4.78, 5) is 0.260. The molecule has 0 spiro atoms. The van der Waals surface area contributed by atoms with Crippen LogP contribution in [-0.2, 0) is 10.0 Å². The van der Waals surface area contributed by atoms with Crippen molar-refractivity contribution in [2.45, 2.75) is 30.6 Å². The highest BCUT2D eigenvalue weighted by atomic mass is 32.2. The predicted molar refractivity (Wildman–Crippen MR) is 79.5 cm³/mol. The molecule has 0 aliphatic heterocycles. The molecule has 6 heteroatoms. The average molecular weight is 298 g/mol. The fourth-order valence-corrected chi connectivity index (χ4v) is 3.67. The van der Waals surface area contributed by atoms with Gasteiger partial charge in [-0.25, -0.2) is 13.1 Å². The first kappa shape index (κ1) is 14.4. The molecule has 19 heavy (non-hydrogen) atoms. The summed E-state index contributed by atoms with van der Waals surface area (Å²) in [6.07, 6.45) is 4.59. The number of hydrogen-bond donors (Lipinski definition) is 2. The van der Waals surface area contributed by atoms with E-state index in [1.807, 2.05) is 0 Å². The summed E-state index contributed by atoms with van der Waals surface area (Å²) in [5.74, 6) is 0.675. The van der Waals surface area contributed by atoms with Crippen molar-refractivity contribution in [3.8, 4) is 0 Å². The van der Waals surface area contributed by atoms with Gasteiger partial charge in [0.2, 0.25) is 10.0 Å². The second-order valence-electron chi connectivity index (χ2n) is 4.84. The van der Waals surface area contributed by atoms with Crippen molar-refractivity contribution in [1.29, 1.82) is 0 Å². The maximum absolute atomic E-state index is 12.2. The Labute approximate surface area is 119 Å². The molecule has 4 nitrogen and oxygen atoms in total. The van der Waals surface area contributed by atoms with Crippen molar-refractivity contribution in [3.63, 3.8) is 0 Å². The zero-order chi connectivity index (χ0) is 13.9.